The Morgan fingerprint density at radius 1 is 1.47 bits per heavy atom. The van der Waals surface area contributed by atoms with Gasteiger partial charge in [0.25, 0.3) is 0 Å². The average Bonchev–Trinajstić information content (AvgIpc) is 2.47. The lowest BCUT2D eigenvalue weighted by molar-refractivity contribution is -0.146. The highest BCUT2D eigenvalue weighted by Gasteiger charge is 2.30. The Labute approximate surface area is 99.0 Å². The van der Waals surface area contributed by atoms with E-state index in [1.54, 1.807) is 6.92 Å². The summed E-state index contributed by atoms with van der Waals surface area (Å²) in [5.41, 5.74) is 0. The van der Waals surface area contributed by atoms with Crippen LogP contribution >= 0.6 is 27.3 Å². The minimum Gasteiger partial charge on any atom is -0.290 e. The minimum absolute atomic E-state index is 0.353. The van der Waals surface area contributed by atoms with Gasteiger partial charge in [0.1, 0.15) is 0 Å². The van der Waals surface area contributed by atoms with Crippen molar-refractivity contribution >= 4 is 27.3 Å². The van der Waals surface area contributed by atoms with Crippen LogP contribution in [0.25, 0.3) is 0 Å². The van der Waals surface area contributed by atoms with E-state index in [1.165, 1.54) is 16.2 Å². The van der Waals surface area contributed by atoms with Crippen molar-refractivity contribution in [1.29, 1.82) is 0 Å². The van der Waals surface area contributed by atoms with E-state index >= 15 is 0 Å². The van der Waals surface area contributed by atoms with E-state index in [9.17, 15) is 13.2 Å². The summed E-state index contributed by atoms with van der Waals surface area (Å²) < 4.78 is 37.4. The van der Waals surface area contributed by atoms with Gasteiger partial charge in [-0.2, -0.15) is 13.2 Å². The van der Waals surface area contributed by atoms with Crippen LogP contribution in [0.5, 0.6) is 0 Å². The fourth-order valence-corrected chi connectivity index (χ4v) is 2.68. The number of hydrogen-bond acceptors (Lipinski definition) is 2. The van der Waals surface area contributed by atoms with E-state index < -0.39 is 12.7 Å². The van der Waals surface area contributed by atoms with Gasteiger partial charge in [0.15, 0.2) is 0 Å². The SMILES string of the molecule is CCN(Cc1cc(Br)cs1)CC(F)(F)F. The lowest BCUT2D eigenvalue weighted by Gasteiger charge is -2.20. The molecule has 0 amide bonds. The molecule has 0 spiro atoms. The molecule has 0 aliphatic heterocycles. The van der Waals surface area contributed by atoms with Crippen molar-refractivity contribution in [2.45, 2.75) is 19.6 Å². The quantitative estimate of drug-likeness (QED) is 0.815. The monoisotopic (exact) mass is 301 g/mol. The van der Waals surface area contributed by atoms with Gasteiger partial charge in [0, 0.05) is 21.3 Å². The molecule has 1 rings (SSSR count). The van der Waals surface area contributed by atoms with Crippen molar-refractivity contribution in [3.63, 3.8) is 0 Å². The molecule has 0 bridgehead atoms. The van der Waals surface area contributed by atoms with Gasteiger partial charge in [-0.05, 0) is 28.5 Å². The van der Waals surface area contributed by atoms with Crippen LogP contribution in [-0.4, -0.2) is 24.2 Å². The molecule has 0 aromatic carbocycles. The molecule has 1 heterocycles. The summed E-state index contributed by atoms with van der Waals surface area (Å²) in [6.07, 6.45) is -4.12. The topological polar surface area (TPSA) is 3.24 Å². The molecule has 1 nitrogen and oxygen atoms in total. The maximum atomic E-state index is 12.2. The van der Waals surface area contributed by atoms with Crippen LogP contribution in [0.1, 0.15) is 11.8 Å². The molecule has 0 N–H and O–H groups in total. The largest absolute Gasteiger partial charge is 0.401 e. The summed E-state index contributed by atoms with van der Waals surface area (Å²) in [5.74, 6) is 0. The van der Waals surface area contributed by atoms with Gasteiger partial charge in [-0.1, -0.05) is 6.92 Å². The lowest BCUT2D eigenvalue weighted by Crippen LogP contribution is -2.33. The number of hydrogen-bond donors (Lipinski definition) is 0. The fourth-order valence-electron chi connectivity index (χ4n) is 1.19. The zero-order chi connectivity index (χ0) is 11.5. The van der Waals surface area contributed by atoms with Crippen LogP contribution in [0, 0.1) is 0 Å². The Kier molecular flexibility index (Phi) is 4.61. The molecule has 0 saturated carbocycles. The normalized spacial score (nSPS) is 12.4. The van der Waals surface area contributed by atoms with Crippen molar-refractivity contribution in [3.05, 3.63) is 20.8 Å². The van der Waals surface area contributed by atoms with Crippen molar-refractivity contribution in [1.82, 2.24) is 4.90 Å². The zero-order valence-corrected chi connectivity index (χ0v) is 10.5. The Morgan fingerprint density at radius 3 is 2.53 bits per heavy atom. The maximum Gasteiger partial charge on any atom is 0.401 e. The number of halogens is 4. The van der Waals surface area contributed by atoms with Gasteiger partial charge in [0.05, 0.1) is 6.54 Å². The van der Waals surface area contributed by atoms with Gasteiger partial charge < -0.3 is 0 Å². The molecule has 0 saturated heterocycles. The molecule has 86 valence electrons. The third-order valence-electron chi connectivity index (χ3n) is 1.85. The summed E-state index contributed by atoms with van der Waals surface area (Å²) in [4.78, 5) is 2.31. The van der Waals surface area contributed by atoms with Gasteiger partial charge >= 0.3 is 6.18 Å². The summed E-state index contributed by atoms with van der Waals surface area (Å²) in [5, 5.41) is 1.87. The second-order valence-corrected chi connectivity index (χ2v) is 5.06. The molecular weight excluding hydrogens is 291 g/mol. The summed E-state index contributed by atoms with van der Waals surface area (Å²) in [6.45, 7) is 1.63. The van der Waals surface area contributed by atoms with Crippen LogP contribution in [0.4, 0.5) is 13.2 Å². The zero-order valence-electron chi connectivity index (χ0n) is 8.14. The van der Waals surface area contributed by atoms with E-state index in [0.29, 0.717) is 13.1 Å². The first-order chi connectivity index (χ1) is 6.90. The number of rotatable bonds is 4. The number of nitrogens with zero attached hydrogens (tertiary/aromatic N) is 1. The molecule has 15 heavy (non-hydrogen) atoms. The second-order valence-electron chi connectivity index (χ2n) is 3.15. The maximum absolute atomic E-state index is 12.2. The van der Waals surface area contributed by atoms with Gasteiger partial charge in [-0.3, -0.25) is 4.90 Å². The highest BCUT2D eigenvalue weighted by atomic mass is 79.9. The first-order valence-corrected chi connectivity index (χ1v) is 6.10. The van der Waals surface area contributed by atoms with E-state index in [-0.39, 0.29) is 0 Å². The van der Waals surface area contributed by atoms with E-state index in [4.69, 9.17) is 0 Å². The summed E-state index contributed by atoms with van der Waals surface area (Å²) in [7, 11) is 0. The average molecular weight is 302 g/mol. The van der Waals surface area contributed by atoms with E-state index in [2.05, 4.69) is 15.9 Å². The summed E-state index contributed by atoms with van der Waals surface area (Å²) >= 11 is 4.74. The van der Waals surface area contributed by atoms with E-state index in [0.717, 1.165) is 9.35 Å². The second kappa shape index (κ2) is 5.32. The number of alkyl halides is 3. The van der Waals surface area contributed by atoms with E-state index in [1.807, 2.05) is 11.4 Å². The third-order valence-corrected chi connectivity index (χ3v) is 3.53. The van der Waals surface area contributed by atoms with Crippen LogP contribution in [-0.2, 0) is 6.54 Å². The molecule has 0 radical (unpaired) electrons. The third kappa shape index (κ3) is 4.99. The van der Waals surface area contributed by atoms with Crippen molar-refractivity contribution < 1.29 is 13.2 Å². The predicted molar refractivity (Wildman–Crippen MR) is 59.0 cm³/mol. The van der Waals surface area contributed by atoms with Gasteiger partial charge in [0.2, 0.25) is 0 Å². The lowest BCUT2D eigenvalue weighted by atomic mass is 10.4. The van der Waals surface area contributed by atoms with Crippen molar-refractivity contribution in [3.8, 4) is 0 Å². The Balaban J connectivity index is 2.54. The van der Waals surface area contributed by atoms with Crippen LogP contribution in [0.2, 0.25) is 0 Å². The van der Waals surface area contributed by atoms with Gasteiger partial charge in [-0.15, -0.1) is 11.3 Å². The molecule has 1 aromatic heterocycles. The molecule has 0 aliphatic carbocycles. The highest BCUT2D eigenvalue weighted by molar-refractivity contribution is 9.10. The molecular formula is C9H11BrF3NS. The Morgan fingerprint density at radius 2 is 2.13 bits per heavy atom. The number of thiophene rings is 1. The van der Waals surface area contributed by atoms with Crippen LogP contribution < -0.4 is 0 Å². The van der Waals surface area contributed by atoms with Crippen molar-refractivity contribution in [2.75, 3.05) is 13.1 Å². The smallest absolute Gasteiger partial charge is 0.290 e. The molecule has 6 heteroatoms. The standard InChI is InChI=1S/C9H11BrF3NS/c1-2-14(6-9(11,12)13)4-8-3-7(10)5-15-8/h3,5H,2,4,6H2,1H3. The highest BCUT2D eigenvalue weighted by Crippen LogP contribution is 2.23. The van der Waals surface area contributed by atoms with Crippen LogP contribution in [0.3, 0.4) is 0 Å². The molecule has 0 fully saturated rings. The first kappa shape index (κ1) is 13.0. The first-order valence-electron chi connectivity index (χ1n) is 4.42. The van der Waals surface area contributed by atoms with Crippen LogP contribution in [0.15, 0.2) is 15.9 Å². The Bertz CT molecular complexity index is 311. The van der Waals surface area contributed by atoms with Crippen molar-refractivity contribution in [2.24, 2.45) is 0 Å². The fraction of sp³-hybridized carbons (Fsp3) is 0.556. The predicted octanol–water partition coefficient (Wildman–Crippen LogP) is 3.89. The molecule has 0 aliphatic rings. The molecule has 0 unspecified atom stereocenters. The molecule has 0 atom stereocenters. The minimum atomic E-state index is -4.12. The van der Waals surface area contributed by atoms with Gasteiger partial charge in [-0.25, -0.2) is 0 Å². The summed E-state index contributed by atoms with van der Waals surface area (Å²) in [6, 6.07) is 1.85. The molecule has 1 aromatic rings. The Hall–Kier alpha value is -0.0700.